The Bertz CT molecular complexity index is 599. The van der Waals surface area contributed by atoms with Crippen molar-refractivity contribution >= 4 is 11.9 Å². The van der Waals surface area contributed by atoms with E-state index in [-0.39, 0.29) is 17.3 Å². The molecule has 0 saturated carbocycles. The second-order valence-corrected chi connectivity index (χ2v) is 5.69. The summed E-state index contributed by atoms with van der Waals surface area (Å²) in [6, 6.07) is 4.68. The maximum atomic E-state index is 10.9. The maximum Gasteiger partial charge on any atom is 0.229 e. The summed E-state index contributed by atoms with van der Waals surface area (Å²) >= 11 is 0. The molecular weight excluding hydrogens is 316 g/mol. The van der Waals surface area contributed by atoms with Crippen LogP contribution in [0.4, 0.5) is 0 Å². The molecule has 4 atom stereocenters. The molecule has 0 aromatic heterocycles. The zero-order chi connectivity index (χ0) is 17.7. The molecule has 1 aromatic carbocycles. The lowest BCUT2D eigenvalue weighted by Gasteiger charge is -2.17. The Morgan fingerprint density at radius 1 is 1.33 bits per heavy atom. The van der Waals surface area contributed by atoms with Crippen LogP contribution < -0.4 is 4.74 Å². The zero-order valence-electron chi connectivity index (χ0n) is 13.3. The van der Waals surface area contributed by atoms with Gasteiger partial charge < -0.3 is 34.7 Å². The Hall–Kier alpha value is -1.93. The highest BCUT2D eigenvalue weighted by Crippen LogP contribution is 2.31. The second kappa shape index (κ2) is 8.25. The summed E-state index contributed by atoms with van der Waals surface area (Å²) in [5.41, 5.74) is 0.726. The van der Waals surface area contributed by atoms with Gasteiger partial charge in [0.1, 0.15) is 24.1 Å². The average molecular weight is 338 g/mol. The summed E-state index contributed by atoms with van der Waals surface area (Å²) in [5.74, 6) is 0.0527. The lowest BCUT2D eigenvalue weighted by atomic mass is 10.1. The number of hydrogen-bond acceptors (Lipinski definition) is 7. The molecule has 0 aliphatic carbocycles. The number of Topliss-reactive ketones (excluding diaryl/α,β-unsaturated/α-hetero) is 1. The van der Waals surface area contributed by atoms with E-state index in [1.165, 1.54) is 19.1 Å². The van der Waals surface area contributed by atoms with E-state index in [9.17, 15) is 20.1 Å². The predicted molar refractivity (Wildman–Crippen MR) is 85.4 cm³/mol. The number of hydrogen-bond donors (Lipinski definition) is 4. The van der Waals surface area contributed by atoms with Crippen LogP contribution in [0.15, 0.2) is 24.3 Å². The van der Waals surface area contributed by atoms with Crippen molar-refractivity contribution in [2.75, 3.05) is 6.61 Å². The molecule has 7 nitrogen and oxygen atoms in total. The van der Waals surface area contributed by atoms with Gasteiger partial charge in [-0.05, 0) is 31.0 Å². The highest BCUT2D eigenvalue weighted by atomic mass is 16.7. The Morgan fingerprint density at radius 3 is 2.67 bits per heavy atom. The molecule has 1 heterocycles. The highest BCUT2D eigenvalue weighted by Gasteiger charge is 2.44. The largest absolute Gasteiger partial charge is 0.504 e. The summed E-state index contributed by atoms with van der Waals surface area (Å²) in [6.45, 7) is 1.08. The number of phenols is 1. The van der Waals surface area contributed by atoms with Gasteiger partial charge in [0, 0.05) is 6.42 Å². The van der Waals surface area contributed by atoms with Crippen LogP contribution in [0.2, 0.25) is 0 Å². The summed E-state index contributed by atoms with van der Waals surface area (Å²) < 4.78 is 10.6. The van der Waals surface area contributed by atoms with Crippen molar-refractivity contribution < 1.29 is 34.7 Å². The van der Waals surface area contributed by atoms with Gasteiger partial charge in [-0.3, -0.25) is 0 Å². The molecule has 1 aliphatic heterocycles. The minimum Gasteiger partial charge on any atom is -0.504 e. The lowest BCUT2D eigenvalue weighted by molar-refractivity contribution is -0.117. The molecule has 1 fully saturated rings. The van der Waals surface area contributed by atoms with Crippen LogP contribution in [-0.2, 0) is 9.53 Å². The van der Waals surface area contributed by atoms with Gasteiger partial charge in [-0.2, -0.15) is 0 Å². The minimum absolute atomic E-state index is 0.0886. The van der Waals surface area contributed by atoms with Gasteiger partial charge in [0.25, 0.3) is 0 Å². The number of benzene rings is 1. The monoisotopic (exact) mass is 338 g/mol. The summed E-state index contributed by atoms with van der Waals surface area (Å²) in [6.07, 6.45) is 0.00182. The van der Waals surface area contributed by atoms with Gasteiger partial charge in [0.15, 0.2) is 11.5 Å². The van der Waals surface area contributed by atoms with Gasteiger partial charge in [-0.25, -0.2) is 0 Å². The van der Waals surface area contributed by atoms with E-state index in [1.54, 1.807) is 12.1 Å². The van der Waals surface area contributed by atoms with E-state index in [0.29, 0.717) is 12.8 Å². The molecule has 0 spiro atoms. The van der Waals surface area contributed by atoms with Crippen molar-refractivity contribution in [1.82, 2.24) is 0 Å². The molecular formula is C17H22O7. The quantitative estimate of drug-likeness (QED) is 0.575. The fraction of sp³-hybridized carbons (Fsp3) is 0.471. The lowest BCUT2D eigenvalue weighted by Crippen LogP contribution is -2.35. The Balaban J connectivity index is 1.99. The first-order valence-electron chi connectivity index (χ1n) is 7.70. The summed E-state index contributed by atoms with van der Waals surface area (Å²) in [7, 11) is 0. The molecule has 2 rings (SSSR count). The third kappa shape index (κ3) is 4.55. The molecule has 7 heteroatoms. The first-order chi connectivity index (χ1) is 11.4. The fourth-order valence-corrected chi connectivity index (χ4v) is 2.33. The van der Waals surface area contributed by atoms with Crippen LogP contribution in [0.1, 0.15) is 25.3 Å². The molecule has 2 unspecified atom stereocenters. The summed E-state index contributed by atoms with van der Waals surface area (Å²) in [5, 5.41) is 38.5. The Morgan fingerprint density at radius 2 is 2.08 bits per heavy atom. The molecule has 1 saturated heterocycles. The van der Waals surface area contributed by atoms with Gasteiger partial charge in [0.2, 0.25) is 6.29 Å². The third-order valence-corrected chi connectivity index (χ3v) is 3.70. The molecule has 1 aromatic rings. The van der Waals surface area contributed by atoms with Gasteiger partial charge in [-0.15, -0.1) is 0 Å². The topological polar surface area (TPSA) is 116 Å². The van der Waals surface area contributed by atoms with Crippen molar-refractivity contribution in [1.29, 1.82) is 0 Å². The summed E-state index contributed by atoms with van der Waals surface area (Å²) in [4.78, 5) is 10.9. The number of rotatable bonds is 7. The molecule has 0 amide bonds. The SMILES string of the molecule is CC(=O)CC/C=C/c1ccc(O[C@@H]2OC(CO)[C@@H](O)C2O)c(O)c1. The smallest absolute Gasteiger partial charge is 0.229 e. The van der Waals surface area contributed by atoms with Crippen molar-refractivity contribution in [2.45, 2.75) is 44.4 Å². The zero-order valence-corrected chi connectivity index (χ0v) is 13.3. The van der Waals surface area contributed by atoms with Crippen LogP contribution in [0.25, 0.3) is 6.08 Å². The Kier molecular flexibility index (Phi) is 6.33. The number of aliphatic hydroxyl groups is 3. The number of ketones is 1. The molecule has 24 heavy (non-hydrogen) atoms. The fourth-order valence-electron chi connectivity index (χ4n) is 2.33. The number of carbonyl (C=O) groups excluding carboxylic acids is 1. The van der Waals surface area contributed by atoms with E-state index in [4.69, 9.17) is 14.6 Å². The van der Waals surface area contributed by atoms with Gasteiger partial charge in [0.05, 0.1) is 6.61 Å². The molecule has 4 N–H and O–H groups in total. The van der Waals surface area contributed by atoms with E-state index >= 15 is 0 Å². The van der Waals surface area contributed by atoms with Crippen molar-refractivity contribution in [3.63, 3.8) is 0 Å². The number of ether oxygens (including phenoxy) is 2. The standard InChI is InChI=1S/C17H22O7/c1-10(19)4-2-3-5-11-6-7-13(12(20)8-11)23-17-16(22)15(21)14(9-18)24-17/h3,5-8,14-18,20-22H,2,4,9H2,1H3/b5-3+/t14?,15-,16?,17-/m1/s1. The molecule has 1 aliphatic rings. The van der Waals surface area contributed by atoms with E-state index in [0.717, 1.165) is 5.56 Å². The molecule has 0 radical (unpaired) electrons. The first kappa shape index (κ1) is 18.4. The van der Waals surface area contributed by atoms with E-state index in [1.807, 2.05) is 6.08 Å². The number of carbonyl (C=O) groups is 1. The Labute approximate surface area is 139 Å². The second-order valence-electron chi connectivity index (χ2n) is 5.69. The van der Waals surface area contributed by atoms with Crippen molar-refractivity contribution in [2.24, 2.45) is 0 Å². The van der Waals surface area contributed by atoms with E-state index in [2.05, 4.69) is 0 Å². The van der Waals surface area contributed by atoms with Crippen LogP contribution >= 0.6 is 0 Å². The third-order valence-electron chi connectivity index (χ3n) is 3.70. The maximum absolute atomic E-state index is 10.9. The number of allylic oxidation sites excluding steroid dienone is 1. The highest BCUT2D eigenvalue weighted by molar-refractivity contribution is 5.75. The van der Waals surface area contributed by atoms with Gasteiger partial charge in [-0.1, -0.05) is 18.2 Å². The van der Waals surface area contributed by atoms with Crippen LogP contribution in [0, 0.1) is 0 Å². The van der Waals surface area contributed by atoms with Gasteiger partial charge >= 0.3 is 0 Å². The molecule has 0 bridgehead atoms. The number of aliphatic hydroxyl groups excluding tert-OH is 3. The first-order valence-corrected chi connectivity index (χ1v) is 7.70. The van der Waals surface area contributed by atoms with Crippen LogP contribution in [0.3, 0.4) is 0 Å². The predicted octanol–water partition coefficient (Wildman–Crippen LogP) is 0.592. The minimum atomic E-state index is -1.33. The van der Waals surface area contributed by atoms with Crippen molar-refractivity contribution in [3.8, 4) is 11.5 Å². The van der Waals surface area contributed by atoms with Crippen molar-refractivity contribution in [3.05, 3.63) is 29.8 Å². The van der Waals surface area contributed by atoms with Crippen LogP contribution in [-0.4, -0.2) is 57.4 Å². The molecule has 132 valence electrons. The van der Waals surface area contributed by atoms with Crippen LogP contribution in [0.5, 0.6) is 11.5 Å². The number of aromatic hydroxyl groups is 1. The van der Waals surface area contributed by atoms with E-state index < -0.39 is 31.2 Å². The number of phenolic OH excluding ortho intramolecular Hbond substituents is 1. The normalized spacial score (nSPS) is 26.8. The average Bonchev–Trinajstić information content (AvgIpc) is 2.81.